The number of nitriles is 1. The van der Waals surface area contributed by atoms with Gasteiger partial charge in [-0.15, -0.1) is 0 Å². The van der Waals surface area contributed by atoms with Crippen LogP contribution in [0.2, 0.25) is 0 Å². The van der Waals surface area contributed by atoms with Crippen molar-refractivity contribution in [1.82, 2.24) is 16.0 Å². The maximum absolute atomic E-state index is 13.5. The van der Waals surface area contributed by atoms with Crippen LogP contribution in [-0.2, 0) is 14.3 Å². The standard InChI is InChI=1S/C39H47N5O8/c1-38(2,3)51-36(47)41-20-19-34(45)42-27-13-17-31(18-14-27)50-33-22-26(21-32(23-33)49-30-15-7-25(24-40)8-16-30)35(46)43-28-9-11-29(12-10-28)44-37(48)52-39(4,5)6/h7-8,13-18,21-23,28-29H,9-12,19-20H2,1-6H3,(H,41,47)(H,42,45)(H,43,46)(H,44,48). The van der Waals surface area contributed by atoms with Gasteiger partial charge in [0.25, 0.3) is 5.91 Å². The van der Waals surface area contributed by atoms with E-state index in [9.17, 15) is 19.2 Å². The first-order chi connectivity index (χ1) is 24.5. The number of anilines is 1. The van der Waals surface area contributed by atoms with Gasteiger partial charge in [0.15, 0.2) is 0 Å². The molecule has 0 radical (unpaired) electrons. The Kier molecular flexibility index (Phi) is 13.1. The van der Waals surface area contributed by atoms with Gasteiger partial charge < -0.3 is 40.2 Å². The third kappa shape index (κ3) is 13.5. The highest BCUT2D eigenvalue weighted by atomic mass is 16.6. The summed E-state index contributed by atoms with van der Waals surface area (Å²) < 4.78 is 22.7. The third-order valence-electron chi connectivity index (χ3n) is 7.54. The van der Waals surface area contributed by atoms with Crippen LogP contribution in [-0.4, -0.2) is 53.8 Å². The van der Waals surface area contributed by atoms with Crippen LogP contribution >= 0.6 is 0 Å². The van der Waals surface area contributed by atoms with E-state index in [0.717, 1.165) is 0 Å². The highest BCUT2D eigenvalue weighted by molar-refractivity contribution is 5.95. The first kappa shape index (κ1) is 39.0. The molecule has 3 aromatic carbocycles. The number of ether oxygens (including phenoxy) is 4. The number of carbonyl (C=O) groups excluding carboxylic acids is 4. The summed E-state index contributed by atoms with van der Waals surface area (Å²) in [7, 11) is 0. The maximum atomic E-state index is 13.5. The molecular weight excluding hydrogens is 666 g/mol. The van der Waals surface area contributed by atoms with Gasteiger partial charge >= 0.3 is 12.2 Å². The molecule has 276 valence electrons. The lowest BCUT2D eigenvalue weighted by atomic mass is 9.91. The second-order valence-electron chi connectivity index (χ2n) is 14.5. The van der Waals surface area contributed by atoms with Gasteiger partial charge in [-0.25, -0.2) is 9.59 Å². The van der Waals surface area contributed by atoms with Crippen LogP contribution in [0.1, 0.15) is 89.6 Å². The van der Waals surface area contributed by atoms with Crippen LogP contribution in [0.5, 0.6) is 23.0 Å². The predicted molar refractivity (Wildman–Crippen MR) is 195 cm³/mol. The van der Waals surface area contributed by atoms with E-state index in [1.165, 1.54) is 0 Å². The number of hydrogen-bond acceptors (Lipinski definition) is 9. The summed E-state index contributed by atoms with van der Waals surface area (Å²) >= 11 is 0. The van der Waals surface area contributed by atoms with Gasteiger partial charge in [-0.1, -0.05) is 0 Å². The zero-order chi connectivity index (χ0) is 37.9. The van der Waals surface area contributed by atoms with Gasteiger partial charge in [-0.05, 0) is 128 Å². The average molecular weight is 714 g/mol. The molecule has 0 aromatic heterocycles. The quantitative estimate of drug-likeness (QED) is 0.156. The average Bonchev–Trinajstić information content (AvgIpc) is 3.05. The lowest BCUT2D eigenvalue weighted by Gasteiger charge is -2.30. The van der Waals surface area contributed by atoms with Crippen molar-refractivity contribution >= 4 is 29.7 Å². The summed E-state index contributed by atoms with van der Waals surface area (Å²) in [6, 6.07) is 20.1. The molecule has 4 rings (SSSR count). The number of carbonyl (C=O) groups is 4. The number of nitrogens with zero attached hydrogens (tertiary/aromatic N) is 1. The minimum Gasteiger partial charge on any atom is -0.457 e. The summed E-state index contributed by atoms with van der Waals surface area (Å²) in [6.45, 7) is 10.8. The molecule has 0 aliphatic heterocycles. The third-order valence-corrected chi connectivity index (χ3v) is 7.54. The van der Waals surface area contributed by atoms with Crippen LogP contribution in [0.25, 0.3) is 0 Å². The molecule has 52 heavy (non-hydrogen) atoms. The molecule has 13 heteroatoms. The Balaban J connectivity index is 1.39. The van der Waals surface area contributed by atoms with Crippen molar-refractivity contribution in [3.05, 3.63) is 77.9 Å². The van der Waals surface area contributed by atoms with Crippen molar-refractivity contribution in [2.75, 3.05) is 11.9 Å². The van der Waals surface area contributed by atoms with E-state index >= 15 is 0 Å². The molecule has 4 amide bonds. The van der Waals surface area contributed by atoms with E-state index in [2.05, 4.69) is 27.3 Å². The molecule has 4 N–H and O–H groups in total. The van der Waals surface area contributed by atoms with Crippen molar-refractivity contribution in [3.63, 3.8) is 0 Å². The summed E-state index contributed by atoms with van der Waals surface area (Å²) in [5, 5.41) is 20.5. The van der Waals surface area contributed by atoms with Crippen molar-refractivity contribution < 1.29 is 38.1 Å². The number of amides is 4. The van der Waals surface area contributed by atoms with Gasteiger partial charge in [0.1, 0.15) is 34.2 Å². The number of benzene rings is 3. The van der Waals surface area contributed by atoms with Gasteiger partial charge in [0.05, 0.1) is 11.6 Å². The van der Waals surface area contributed by atoms with Crippen molar-refractivity contribution in [2.24, 2.45) is 0 Å². The lowest BCUT2D eigenvalue weighted by molar-refractivity contribution is -0.116. The van der Waals surface area contributed by atoms with Gasteiger partial charge in [0, 0.05) is 42.4 Å². The molecule has 3 aromatic rings. The van der Waals surface area contributed by atoms with E-state index in [1.807, 2.05) is 20.8 Å². The van der Waals surface area contributed by atoms with E-state index in [1.54, 1.807) is 87.5 Å². The molecule has 1 saturated carbocycles. The van der Waals surface area contributed by atoms with E-state index in [0.29, 0.717) is 65.5 Å². The number of nitrogens with one attached hydrogen (secondary N) is 4. The van der Waals surface area contributed by atoms with Crippen LogP contribution in [0.4, 0.5) is 15.3 Å². The Morgan fingerprint density at radius 1 is 0.692 bits per heavy atom. The molecule has 0 unspecified atom stereocenters. The monoisotopic (exact) mass is 713 g/mol. The predicted octanol–water partition coefficient (Wildman–Crippen LogP) is 7.56. The Bertz CT molecular complexity index is 1750. The van der Waals surface area contributed by atoms with Gasteiger partial charge in [-0.3, -0.25) is 9.59 Å². The fraction of sp³-hybridized carbons (Fsp3) is 0.410. The number of alkyl carbamates (subject to hydrolysis) is 2. The maximum Gasteiger partial charge on any atom is 0.407 e. The van der Waals surface area contributed by atoms with Crippen LogP contribution < -0.4 is 30.7 Å². The van der Waals surface area contributed by atoms with Gasteiger partial charge in [0.2, 0.25) is 5.91 Å². The Morgan fingerprint density at radius 3 is 1.71 bits per heavy atom. The summed E-state index contributed by atoms with van der Waals surface area (Å²) in [4.78, 5) is 49.9. The van der Waals surface area contributed by atoms with Gasteiger partial charge in [-0.2, -0.15) is 5.26 Å². The Labute approximate surface area is 304 Å². The molecule has 1 aliphatic carbocycles. The number of rotatable bonds is 11. The first-order valence-electron chi connectivity index (χ1n) is 17.2. The van der Waals surface area contributed by atoms with Crippen LogP contribution in [0, 0.1) is 11.3 Å². The normalized spacial score (nSPS) is 15.6. The van der Waals surface area contributed by atoms with Crippen molar-refractivity contribution in [2.45, 2.75) is 96.9 Å². The fourth-order valence-corrected chi connectivity index (χ4v) is 5.24. The molecule has 1 aliphatic rings. The Morgan fingerprint density at radius 2 is 1.19 bits per heavy atom. The largest absolute Gasteiger partial charge is 0.457 e. The van der Waals surface area contributed by atoms with E-state index in [4.69, 9.17) is 24.2 Å². The molecule has 0 saturated heterocycles. The fourth-order valence-electron chi connectivity index (χ4n) is 5.24. The molecule has 0 heterocycles. The zero-order valence-corrected chi connectivity index (χ0v) is 30.5. The highest BCUT2D eigenvalue weighted by Gasteiger charge is 2.26. The van der Waals surface area contributed by atoms with E-state index in [-0.39, 0.29) is 36.9 Å². The lowest BCUT2D eigenvalue weighted by Crippen LogP contribution is -2.45. The minimum absolute atomic E-state index is 0.0342. The molecular formula is C39H47N5O8. The first-order valence-corrected chi connectivity index (χ1v) is 17.2. The molecule has 13 nitrogen and oxygen atoms in total. The molecule has 0 spiro atoms. The van der Waals surface area contributed by atoms with Crippen LogP contribution in [0.15, 0.2) is 66.7 Å². The SMILES string of the molecule is CC(C)(C)OC(=O)NCCC(=O)Nc1ccc(Oc2cc(Oc3ccc(C#N)cc3)cc(C(=O)NC3CCC(NC(=O)OC(C)(C)C)CC3)c2)cc1. The smallest absolute Gasteiger partial charge is 0.407 e. The second-order valence-corrected chi connectivity index (χ2v) is 14.5. The van der Waals surface area contributed by atoms with E-state index < -0.39 is 23.4 Å². The van der Waals surface area contributed by atoms with Crippen LogP contribution in [0.3, 0.4) is 0 Å². The van der Waals surface area contributed by atoms with Crippen molar-refractivity contribution in [3.8, 4) is 29.1 Å². The second kappa shape index (κ2) is 17.4. The van der Waals surface area contributed by atoms with Crippen molar-refractivity contribution in [1.29, 1.82) is 5.26 Å². The molecule has 1 fully saturated rings. The molecule has 0 bridgehead atoms. The topological polar surface area (TPSA) is 177 Å². The zero-order valence-electron chi connectivity index (χ0n) is 30.5. The molecule has 0 atom stereocenters. The summed E-state index contributed by atoms with van der Waals surface area (Å²) in [5.74, 6) is 1.01. The highest BCUT2D eigenvalue weighted by Crippen LogP contribution is 2.32. The minimum atomic E-state index is -0.631. The summed E-state index contributed by atoms with van der Waals surface area (Å²) in [6.07, 6.45) is 1.76. The summed E-state index contributed by atoms with van der Waals surface area (Å²) in [5.41, 5.74) is 0.121. The number of hydrogen-bond donors (Lipinski definition) is 4. The Hall–Kier alpha value is -5.77.